The average Bonchev–Trinajstić information content (AvgIpc) is 3.41. The van der Waals surface area contributed by atoms with Gasteiger partial charge < -0.3 is 14.2 Å². The van der Waals surface area contributed by atoms with Crippen LogP contribution < -0.4 is 0 Å². The van der Waals surface area contributed by atoms with E-state index in [4.69, 9.17) is 14.2 Å². The molecule has 0 saturated carbocycles. The van der Waals surface area contributed by atoms with E-state index in [1.807, 2.05) is 0 Å². The van der Waals surface area contributed by atoms with Crippen LogP contribution in [0.4, 0.5) is 0 Å². The smallest absolute Gasteiger partial charge is 0.306 e. The predicted molar refractivity (Wildman–Crippen MR) is 325 cm³/mol. The topological polar surface area (TPSA) is 78.9 Å². The number of hydrogen-bond acceptors (Lipinski definition) is 6. The van der Waals surface area contributed by atoms with Crippen molar-refractivity contribution in [2.75, 3.05) is 13.2 Å². The number of rotatable bonds is 56. The quantitative estimate of drug-likeness (QED) is 0.0261. The van der Waals surface area contributed by atoms with Gasteiger partial charge in [0.25, 0.3) is 0 Å². The molecule has 0 N–H and O–H groups in total. The number of allylic oxidation sites excluding steroid dienone is 18. The molecule has 0 aliphatic heterocycles. The summed E-state index contributed by atoms with van der Waals surface area (Å²) in [5.74, 6) is -0.968. The van der Waals surface area contributed by atoms with Crippen LogP contribution in [0.1, 0.15) is 290 Å². The van der Waals surface area contributed by atoms with E-state index in [-0.39, 0.29) is 37.5 Å². The van der Waals surface area contributed by atoms with Crippen LogP contribution in [-0.2, 0) is 28.6 Å². The molecule has 0 aliphatic carbocycles. The van der Waals surface area contributed by atoms with Gasteiger partial charge in [0, 0.05) is 19.3 Å². The minimum absolute atomic E-state index is 0.105. The minimum Gasteiger partial charge on any atom is -0.462 e. The maximum Gasteiger partial charge on any atom is 0.306 e. The lowest BCUT2D eigenvalue weighted by Gasteiger charge is -2.18. The van der Waals surface area contributed by atoms with Gasteiger partial charge in [-0.1, -0.05) is 259 Å². The first-order valence-corrected chi connectivity index (χ1v) is 31.4. The summed E-state index contributed by atoms with van der Waals surface area (Å²) in [5.41, 5.74) is 0. The van der Waals surface area contributed by atoms with Gasteiger partial charge >= 0.3 is 17.9 Å². The van der Waals surface area contributed by atoms with E-state index in [1.54, 1.807) is 0 Å². The van der Waals surface area contributed by atoms with Gasteiger partial charge in [-0.15, -0.1) is 0 Å². The maximum absolute atomic E-state index is 12.9. The summed E-state index contributed by atoms with van der Waals surface area (Å²) < 4.78 is 16.9. The Morgan fingerprint density at radius 3 is 0.880 bits per heavy atom. The van der Waals surface area contributed by atoms with Crippen molar-refractivity contribution in [1.82, 2.24) is 0 Å². The van der Waals surface area contributed by atoms with Crippen LogP contribution in [-0.4, -0.2) is 37.2 Å². The summed E-state index contributed by atoms with van der Waals surface area (Å²) in [6.07, 6.45) is 85.2. The third-order valence-electron chi connectivity index (χ3n) is 13.2. The summed E-state index contributed by atoms with van der Waals surface area (Å²) in [7, 11) is 0. The second-order valence-corrected chi connectivity index (χ2v) is 20.6. The molecule has 1 atom stereocenters. The summed E-state index contributed by atoms with van der Waals surface area (Å²) >= 11 is 0. The molecule has 0 bridgehead atoms. The third-order valence-corrected chi connectivity index (χ3v) is 13.2. The lowest BCUT2D eigenvalue weighted by molar-refractivity contribution is -0.167. The highest BCUT2D eigenvalue weighted by Crippen LogP contribution is 2.15. The van der Waals surface area contributed by atoms with E-state index in [9.17, 15) is 14.4 Å². The molecule has 0 aromatic carbocycles. The maximum atomic E-state index is 12.9. The molecule has 75 heavy (non-hydrogen) atoms. The fraction of sp³-hybridized carbons (Fsp3) is 0.696. The van der Waals surface area contributed by atoms with Crippen LogP contribution in [0.5, 0.6) is 0 Å². The molecule has 0 rings (SSSR count). The number of hydrogen-bond donors (Lipinski definition) is 0. The largest absolute Gasteiger partial charge is 0.462 e. The highest BCUT2D eigenvalue weighted by Gasteiger charge is 2.19. The minimum atomic E-state index is -0.815. The number of carbonyl (C=O) groups is 3. The van der Waals surface area contributed by atoms with Crippen molar-refractivity contribution in [3.63, 3.8) is 0 Å². The zero-order valence-corrected chi connectivity index (χ0v) is 49.0. The van der Waals surface area contributed by atoms with Gasteiger partial charge in [-0.2, -0.15) is 0 Å². The van der Waals surface area contributed by atoms with Crippen LogP contribution in [0.3, 0.4) is 0 Å². The fourth-order valence-electron chi connectivity index (χ4n) is 8.54. The number of ether oxygens (including phenoxy) is 3. The Balaban J connectivity index is 4.44. The van der Waals surface area contributed by atoms with E-state index in [2.05, 4.69) is 130 Å². The fourth-order valence-corrected chi connectivity index (χ4v) is 8.54. The molecule has 0 spiro atoms. The Bertz CT molecular complexity index is 1520. The zero-order chi connectivity index (χ0) is 54.3. The van der Waals surface area contributed by atoms with E-state index >= 15 is 0 Å². The average molecular weight is 1040 g/mol. The molecule has 0 aromatic rings. The van der Waals surface area contributed by atoms with Gasteiger partial charge in [-0.05, 0) is 122 Å². The monoisotopic (exact) mass is 1040 g/mol. The van der Waals surface area contributed by atoms with Crippen LogP contribution in [0.25, 0.3) is 0 Å². The van der Waals surface area contributed by atoms with Crippen molar-refractivity contribution in [1.29, 1.82) is 0 Å². The molecule has 0 amide bonds. The first kappa shape index (κ1) is 71.1. The Morgan fingerprint density at radius 1 is 0.280 bits per heavy atom. The van der Waals surface area contributed by atoms with Crippen LogP contribution in [0.2, 0.25) is 0 Å². The molecule has 0 saturated heterocycles. The van der Waals surface area contributed by atoms with Crippen LogP contribution in [0, 0.1) is 0 Å². The van der Waals surface area contributed by atoms with Gasteiger partial charge in [0.05, 0.1) is 0 Å². The lowest BCUT2D eigenvalue weighted by Crippen LogP contribution is -2.30. The molecule has 0 fully saturated rings. The molecule has 6 heteroatoms. The van der Waals surface area contributed by atoms with Crippen molar-refractivity contribution in [2.24, 2.45) is 0 Å². The van der Waals surface area contributed by atoms with Gasteiger partial charge in [0.2, 0.25) is 0 Å². The molecular weight excluding hydrogens is 925 g/mol. The van der Waals surface area contributed by atoms with Crippen molar-refractivity contribution < 1.29 is 28.6 Å². The van der Waals surface area contributed by atoms with E-state index in [0.717, 1.165) is 96.3 Å². The number of carbonyl (C=O) groups excluding carboxylic acids is 3. The second kappa shape index (κ2) is 62.6. The van der Waals surface area contributed by atoms with Gasteiger partial charge in [-0.3, -0.25) is 14.4 Å². The van der Waals surface area contributed by atoms with Crippen molar-refractivity contribution in [2.45, 2.75) is 297 Å². The molecule has 0 aromatic heterocycles. The lowest BCUT2D eigenvalue weighted by atomic mass is 10.0. The molecule has 1 unspecified atom stereocenters. The second-order valence-electron chi connectivity index (χ2n) is 20.6. The molecule has 0 heterocycles. The van der Waals surface area contributed by atoms with E-state index in [1.165, 1.54) is 148 Å². The van der Waals surface area contributed by atoms with Gasteiger partial charge in [-0.25, -0.2) is 0 Å². The third kappa shape index (κ3) is 60.8. The summed E-state index contributed by atoms with van der Waals surface area (Å²) in [4.78, 5) is 38.3. The van der Waals surface area contributed by atoms with Crippen LogP contribution in [0.15, 0.2) is 109 Å². The predicted octanol–water partition coefficient (Wildman–Crippen LogP) is 21.4. The van der Waals surface area contributed by atoms with Crippen LogP contribution >= 0.6 is 0 Å². The molecule has 0 radical (unpaired) electrons. The van der Waals surface area contributed by atoms with E-state index in [0.29, 0.717) is 19.3 Å². The Morgan fingerprint density at radius 2 is 0.533 bits per heavy atom. The zero-order valence-electron chi connectivity index (χ0n) is 49.0. The number of unbranched alkanes of at least 4 members (excludes halogenated alkanes) is 27. The normalized spacial score (nSPS) is 12.8. The van der Waals surface area contributed by atoms with Crippen molar-refractivity contribution in [3.8, 4) is 0 Å². The van der Waals surface area contributed by atoms with Gasteiger partial charge in [0.15, 0.2) is 6.10 Å². The molecule has 0 aliphatic rings. The number of esters is 3. The Hall–Kier alpha value is -3.93. The first-order valence-electron chi connectivity index (χ1n) is 31.4. The Kier molecular flexibility index (Phi) is 59.3. The highest BCUT2D eigenvalue weighted by molar-refractivity contribution is 5.71. The highest BCUT2D eigenvalue weighted by atomic mass is 16.6. The molecule has 6 nitrogen and oxygen atoms in total. The van der Waals surface area contributed by atoms with Crippen molar-refractivity contribution in [3.05, 3.63) is 109 Å². The Labute approximate surface area is 463 Å². The van der Waals surface area contributed by atoms with Crippen molar-refractivity contribution >= 4 is 17.9 Å². The van der Waals surface area contributed by atoms with Gasteiger partial charge in [0.1, 0.15) is 13.2 Å². The SMILES string of the molecule is CC/C=C\C/C=C\C/C=C\C/C=C\C/C=C\CCCC(=O)OC(COC(=O)CCCCCCCCC/C=C\C/C=C\CCCCC)COC(=O)CCCCCCCCCCCCC/C=C\C/C=C\CCCCCCC. The molecular formula is C69H116O6. The summed E-state index contributed by atoms with van der Waals surface area (Å²) in [6.45, 7) is 6.45. The standard InChI is InChI=1S/C69H116O6/c1-4-7-10-13-16-19-22-25-28-31-32-33-34-35-36-39-41-44-47-50-53-56-59-62-68(71)74-65-66(75-69(72)63-60-57-54-51-48-45-42-38-30-27-24-21-18-15-12-9-6-3)64-73-67(70)61-58-55-52-49-46-43-40-37-29-26-23-20-17-14-11-8-5-2/h9,12,17-18,20-22,25-27,29-32,42,45,51,54,66H,4-8,10-11,13-16,19,23-24,28,33-41,43-44,46-50,52-53,55-65H2,1-3H3/b12-9-,20-17-,21-18-,25-22-,29-26-,30-27-,32-31-,45-42-,54-51-. The summed E-state index contributed by atoms with van der Waals surface area (Å²) in [6, 6.07) is 0. The van der Waals surface area contributed by atoms with E-state index < -0.39 is 6.10 Å². The summed E-state index contributed by atoms with van der Waals surface area (Å²) in [5, 5.41) is 0. The molecule has 428 valence electrons. The first-order chi connectivity index (χ1) is 37.0.